The average Bonchev–Trinajstić information content (AvgIpc) is 3.08. The highest BCUT2D eigenvalue weighted by Gasteiger charge is 2.21. The van der Waals surface area contributed by atoms with Crippen molar-refractivity contribution < 1.29 is 12.8 Å². The molecule has 6 nitrogen and oxygen atoms in total. The lowest BCUT2D eigenvalue weighted by molar-refractivity contribution is 0.597. The molecule has 3 N–H and O–H groups in total. The normalized spacial score (nSPS) is 11.9. The molecule has 4 rings (SSSR count). The van der Waals surface area contributed by atoms with Gasteiger partial charge in [0, 0.05) is 18.5 Å². The predicted molar refractivity (Wildman–Crippen MR) is 101 cm³/mol. The van der Waals surface area contributed by atoms with Gasteiger partial charge in [0.25, 0.3) is 6.01 Å². The fourth-order valence-corrected chi connectivity index (χ4v) is 4.39. The summed E-state index contributed by atoms with van der Waals surface area (Å²) in [6.45, 7) is 0.966. The quantitative estimate of drug-likeness (QED) is 0.562. The summed E-state index contributed by atoms with van der Waals surface area (Å²) in [6, 6.07) is 17.7. The maximum atomic E-state index is 13.2. The van der Waals surface area contributed by atoms with Crippen LogP contribution < -0.4 is 11.1 Å². The van der Waals surface area contributed by atoms with E-state index in [1.165, 1.54) is 12.1 Å². The summed E-state index contributed by atoms with van der Waals surface area (Å²) >= 11 is 0. The summed E-state index contributed by atoms with van der Waals surface area (Å²) in [6.07, 6.45) is 0. The summed E-state index contributed by atoms with van der Waals surface area (Å²) in [5.74, 6) is 0. The Bertz CT molecular complexity index is 1190. The summed E-state index contributed by atoms with van der Waals surface area (Å²) in [5.41, 5.74) is 6.44. The van der Waals surface area contributed by atoms with Crippen molar-refractivity contribution in [2.75, 3.05) is 18.4 Å². The Morgan fingerprint density at radius 2 is 1.85 bits per heavy atom. The molecule has 26 heavy (non-hydrogen) atoms. The molecule has 0 aliphatic carbocycles. The van der Waals surface area contributed by atoms with E-state index in [1.54, 1.807) is 18.2 Å². The van der Waals surface area contributed by atoms with Crippen LogP contribution in [-0.4, -0.2) is 26.5 Å². The number of fused-ring (bicyclic) bond motifs is 2. The molecule has 0 fully saturated rings. The Kier molecular flexibility index (Phi) is 4.10. The highest BCUT2D eigenvalue weighted by Crippen LogP contribution is 2.30. The number of anilines is 1. The minimum absolute atomic E-state index is 0.181. The monoisotopic (exact) mass is 367 g/mol. The molecule has 1 aromatic heterocycles. The van der Waals surface area contributed by atoms with Crippen LogP contribution in [0.1, 0.15) is 0 Å². The fraction of sp³-hybridized carbons (Fsp3) is 0.105. The topological polar surface area (TPSA) is 98.2 Å². The largest absolute Gasteiger partial charge is 0.424 e. The van der Waals surface area contributed by atoms with Crippen molar-refractivity contribution in [1.82, 2.24) is 4.98 Å². The lowest BCUT2D eigenvalue weighted by atomic mass is 10.1. The van der Waals surface area contributed by atoms with E-state index >= 15 is 0 Å². The minimum Gasteiger partial charge on any atom is -0.424 e. The molecule has 7 heteroatoms. The zero-order valence-corrected chi connectivity index (χ0v) is 14.7. The molecule has 0 bridgehead atoms. The van der Waals surface area contributed by atoms with E-state index in [1.807, 2.05) is 30.3 Å². The van der Waals surface area contributed by atoms with Gasteiger partial charge in [-0.2, -0.15) is 4.98 Å². The number of hydrogen-bond acceptors (Lipinski definition) is 6. The number of nitrogens with zero attached hydrogens (tertiary/aromatic N) is 1. The maximum absolute atomic E-state index is 13.2. The Morgan fingerprint density at radius 3 is 2.69 bits per heavy atom. The van der Waals surface area contributed by atoms with Crippen LogP contribution in [0, 0.1) is 0 Å². The van der Waals surface area contributed by atoms with Crippen molar-refractivity contribution in [1.29, 1.82) is 0 Å². The molecule has 132 valence electrons. The maximum Gasteiger partial charge on any atom is 0.295 e. The Hall–Kier alpha value is -2.90. The van der Waals surface area contributed by atoms with Gasteiger partial charge < -0.3 is 15.5 Å². The summed E-state index contributed by atoms with van der Waals surface area (Å²) in [7, 11) is -3.69. The van der Waals surface area contributed by atoms with Crippen LogP contribution in [0.15, 0.2) is 74.9 Å². The van der Waals surface area contributed by atoms with E-state index in [4.69, 9.17) is 10.2 Å². The highest BCUT2D eigenvalue weighted by molar-refractivity contribution is 7.91. The first kappa shape index (κ1) is 16.6. The first-order valence-corrected chi connectivity index (χ1v) is 9.65. The van der Waals surface area contributed by atoms with Gasteiger partial charge in [-0.3, -0.25) is 0 Å². The molecule has 0 unspecified atom stereocenters. The van der Waals surface area contributed by atoms with E-state index in [-0.39, 0.29) is 9.79 Å². The fourth-order valence-electron chi connectivity index (χ4n) is 2.89. The van der Waals surface area contributed by atoms with Gasteiger partial charge in [0.1, 0.15) is 5.52 Å². The van der Waals surface area contributed by atoms with Crippen molar-refractivity contribution in [3.63, 3.8) is 0 Å². The van der Waals surface area contributed by atoms with Gasteiger partial charge in [0.2, 0.25) is 9.84 Å². The average molecular weight is 367 g/mol. The van der Waals surface area contributed by atoms with Crippen LogP contribution in [-0.2, 0) is 9.84 Å². The van der Waals surface area contributed by atoms with Gasteiger partial charge in [-0.15, -0.1) is 0 Å². The van der Waals surface area contributed by atoms with Crippen molar-refractivity contribution in [3.05, 3.63) is 60.7 Å². The molecule has 0 radical (unpaired) electrons. The first-order valence-electron chi connectivity index (χ1n) is 8.17. The Labute approximate surface area is 150 Å². The third kappa shape index (κ3) is 2.81. The van der Waals surface area contributed by atoms with Crippen LogP contribution in [0.4, 0.5) is 6.01 Å². The molecule has 0 atom stereocenters. The third-order valence-corrected chi connectivity index (χ3v) is 5.94. The van der Waals surface area contributed by atoms with Gasteiger partial charge in [-0.1, -0.05) is 36.4 Å². The van der Waals surface area contributed by atoms with Gasteiger partial charge in [0.05, 0.1) is 9.79 Å². The van der Waals surface area contributed by atoms with E-state index in [0.717, 1.165) is 5.39 Å². The molecule has 1 heterocycles. The highest BCUT2D eigenvalue weighted by atomic mass is 32.2. The predicted octanol–water partition coefficient (Wildman–Crippen LogP) is 3.18. The zero-order valence-electron chi connectivity index (χ0n) is 13.8. The van der Waals surface area contributed by atoms with Gasteiger partial charge in [-0.25, -0.2) is 8.42 Å². The Morgan fingerprint density at radius 1 is 1.04 bits per heavy atom. The summed E-state index contributed by atoms with van der Waals surface area (Å²) in [4.78, 5) is 4.74. The second-order valence-corrected chi connectivity index (χ2v) is 7.76. The van der Waals surface area contributed by atoms with E-state index in [2.05, 4.69) is 10.3 Å². The summed E-state index contributed by atoms with van der Waals surface area (Å²) in [5, 5.41) is 4.52. The molecule has 0 amide bonds. The number of rotatable bonds is 5. The van der Waals surface area contributed by atoms with E-state index < -0.39 is 9.84 Å². The van der Waals surface area contributed by atoms with Crippen molar-refractivity contribution >= 4 is 37.7 Å². The number of benzene rings is 3. The molecular formula is C19H17N3O3S. The lowest BCUT2D eigenvalue weighted by Gasteiger charge is -2.08. The Balaban J connectivity index is 1.82. The number of hydrogen-bond donors (Lipinski definition) is 2. The van der Waals surface area contributed by atoms with Crippen LogP contribution in [0.2, 0.25) is 0 Å². The third-order valence-electron chi connectivity index (χ3n) is 4.13. The van der Waals surface area contributed by atoms with Crippen LogP contribution in [0.3, 0.4) is 0 Å². The van der Waals surface area contributed by atoms with Crippen molar-refractivity contribution in [2.45, 2.75) is 9.79 Å². The van der Waals surface area contributed by atoms with Crippen LogP contribution in [0.25, 0.3) is 21.9 Å². The molecule has 4 aromatic rings. The molecule has 0 saturated carbocycles. The lowest BCUT2D eigenvalue weighted by Crippen LogP contribution is -2.13. The number of aromatic nitrogens is 1. The molecule has 0 aliphatic heterocycles. The van der Waals surface area contributed by atoms with E-state index in [9.17, 15) is 8.42 Å². The smallest absolute Gasteiger partial charge is 0.295 e. The first-order chi connectivity index (χ1) is 12.6. The molecule has 0 saturated heterocycles. The molecule has 3 aromatic carbocycles. The molecule has 0 aliphatic rings. The zero-order chi connectivity index (χ0) is 18.1. The van der Waals surface area contributed by atoms with Crippen molar-refractivity contribution in [3.8, 4) is 0 Å². The number of oxazole rings is 1. The second kappa shape index (κ2) is 6.44. The van der Waals surface area contributed by atoms with E-state index in [0.29, 0.717) is 35.6 Å². The van der Waals surface area contributed by atoms with Gasteiger partial charge in [-0.05, 0) is 29.7 Å². The van der Waals surface area contributed by atoms with Gasteiger partial charge >= 0.3 is 0 Å². The summed E-state index contributed by atoms with van der Waals surface area (Å²) < 4.78 is 31.9. The number of sulfone groups is 1. The van der Waals surface area contributed by atoms with Crippen LogP contribution in [0.5, 0.6) is 0 Å². The van der Waals surface area contributed by atoms with Crippen molar-refractivity contribution in [2.24, 2.45) is 5.73 Å². The number of nitrogens with one attached hydrogen (secondary N) is 1. The molecule has 0 spiro atoms. The minimum atomic E-state index is -3.69. The van der Waals surface area contributed by atoms with Crippen LogP contribution >= 0.6 is 0 Å². The number of nitrogens with two attached hydrogens (primary N) is 1. The standard InChI is InChI=1S/C19H17N3O3S/c20-10-11-21-19-22-16-12-14(8-9-17(16)25-19)26(23,24)18-7-3-5-13-4-1-2-6-15(13)18/h1-9,12H,10-11,20H2,(H,21,22). The SMILES string of the molecule is NCCNc1nc2cc(S(=O)(=O)c3cccc4ccccc34)ccc2o1. The van der Waals surface area contributed by atoms with Gasteiger partial charge in [0.15, 0.2) is 5.58 Å². The second-order valence-electron chi connectivity index (χ2n) is 5.84. The molecular weight excluding hydrogens is 350 g/mol.